The quantitative estimate of drug-likeness (QED) is 0.248. The second-order valence-electron chi connectivity index (χ2n) is 14.8. The summed E-state index contributed by atoms with van der Waals surface area (Å²) in [5, 5.41) is 7.25. The molecule has 5 unspecified atom stereocenters. The largest absolute Gasteiger partial charge is 0.497 e. The van der Waals surface area contributed by atoms with Crippen LogP contribution in [0.5, 0.6) is 5.75 Å². The first-order chi connectivity index (χ1) is 22.7. The maximum atomic E-state index is 14.2. The first kappa shape index (κ1) is 37.5. The summed E-state index contributed by atoms with van der Waals surface area (Å²) in [6.07, 6.45) is -0.383. The highest BCUT2D eigenvalue weighted by Crippen LogP contribution is 2.45. The third-order valence-electron chi connectivity index (χ3n) is 8.46. The molecule has 1 aliphatic heterocycles. The van der Waals surface area contributed by atoms with Crippen LogP contribution in [0.25, 0.3) is 0 Å². The minimum absolute atomic E-state index is 0.0998. The molecule has 1 heterocycles. The number of methoxy groups -OCH3 is 1. The summed E-state index contributed by atoms with van der Waals surface area (Å²) in [5.74, 6) is -2.37. The van der Waals surface area contributed by atoms with Crippen molar-refractivity contribution in [3.63, 3.8) is 0 Å². The molecule has 2 saturated carbocycles. The Bertz CT molecular complexity index is 1600. The maximum absolute atomic E-state index is 14.2. The van der Waals surface area contributed by atoms with Gasteiger partial charge in [0.15, 0.2) is 0 Å². The van der Waals surface area contributed by atoms with Gasteiger partial charge in [0.05, 0.1) is 18.9 Å². The van der Waals surface area contributed by atoms with Gasteiger partial charge in [-0.3, -0.25) is 24.4 Å². The Morgan fingerprint density at radius 1 is 1.06 bits per heavy atom. The Morgan fingerprint density at radius 2 is 1.73 bits per heavy atom. The van der Waals surface area contributed by atoms with Crippen LogP contribution in [0.15, 0.2) is 36.9 Å². The standard InChI is InChI=1S/C33H47N5O10S/c1-9-19-17-33(19,28(41)37-49(44,45)23-13-14-23)36-26(39)24-16-22(47-29(42)34-20-11-10-12-21(15-20)46-8)18-38(24)27(40)25(31(2,3)4)35-30(43)48-32(5,6)7/h9-12,15,19,22-25H,1,13-14,16-18H2,2-8H3,(H,34,42)(H,35,43)(H,36,39)(H,37,41). The molecule has 0 radical (unpaired) electrons. The van der Waals surface area contributed by atoms with Gasteiger partial charge in [-0.25, -0.2) is 18.0 Å². The van der Waals surface area contributed by atoms with Crippen LogP contribution in [-0.4, -0.2) is 91.5 Å². The molecule has 49 heavy (non-hydrogen) atoms. The van der Waals surface area contributed by atoms with Crippen LogP contribution in [0.3, 0.4) is 0 Å². The van der Waals surface area contributed by atoms with E-state index in [1.807, 2.05) is 0 Å². The number of sulfonamides is 1. The zero-order chi connectivity index (χ0) is 36.5. The van der Waals surface area contributed by atoms with Gasteiger partial charge in [0, 0.05) is 24.1 Å². The fourth-order valence-corrected chi connectivity index (χ4v) is 7.00. The number of carbonyl (C=O) groups excluding carboxylic acids is 5. The Morgan fingerprint density at radius 3 is 2.29 bits per heavy atom. The normalized spacial score (nSPS) is 24.1. The molecular weight excluding hydrogens is 658 g/mol. The van der Waals surface area contributed by atoms with Crippen LogP contribution in [0.4, 0.5) is 15.3 Å². The lowest BCUT2D eigenvalue weighted by Crippen LogP contribution is -2.60. The highest BCUT2D eigenvalue weighted by molar-refractivity contribution is 7.91. The van der Waals surface area contributed by atoms with Crippen molar-refractivity contribution in [2.75, 3.05) is 19.0 Å². The van der Waals surface area contributed by atoms with Gasteiger partial charge >= 0.3 is 12.2 Å². The Balaban J connectivity index is 1.58. The van der Waals surface area contributed by atoms with Crippen molar-refractivity contribution in [1.82, 2.24) is 20.3 Å². The molecule has 1 aromatic rings. The number of ether oxygens (including phenoxy) is 3. The van der Waals surface area contributed by atoms with Crippen molar-refractivity contribution in [2.45, 2.75) is 102 Å². The van der Waals surface area contributed by atoms with E-state index < -0.39 is 85.8 Å². The average molecular weight is 706 g/mol. The molecule has 5 amide bonds. The molecule has 1 aromatic carbocycles. The number of benzene rings is 1. The fraction of sp³-hybridized carbons (Fsp3) is 0.606. The molecule has 1 saturated heterocycles. The lowest BCUT2D eigenvalue weighted by atomic mass is 9.85. The molecule has 4 rings (SSSR count). The summed E-state index contributed by atoms with van der Waals surface area (Å²) in [6, 6.07) is 4.14. The van der Waals surface area contributed by atoms with Crippen LogP contribution < -0.4 is 25.4 Å². The number of amides is 5. The predicted molar refractivity (Wildman–Crippen MR) is 179 cm³/mol. The van der Waals surface area contributed by atoms with E-state index in [2.05, 4.69) is 27.3 Å². The minimum Gasteiger partial charge on any atom is -0.497 e. The number of hydrogen-bond acceptors (Lipinski definition) is 10. The van der Waals surface area contributed by atoms with Gasteiger partial charge in [0.1, 0.15) is 35.1 Å². The zero-order valence-electron chi connectivity index (χ0n) is 29.0. The molecule has 16 heteroatoms. The topological polar surface area (TPSA) is 199 Å². The molecule has 5 atom stereocenters. The number of anilines is 1. The van der Waals surface area contributed by atoms with Gasteiger partial charge in [0.25, 0.3) is 5.91 Å². The highest BCUT2D eigenvalue weighted by Gasteiger charge is 2.62. The second-order valence-corrected chi connectivity index (χ2v) is 16.7. The smallest absolute Gasteiger partial charge is 0.411 e. The third kappa shape index (κ3) is 9.22. The Labute approximate surface area is 286 Å². The summed E-state index contributed by atoms with van der Waals surface area (Å²) in [5.41, 5.74) is -2.93. The van der Waals surface area contributed by atoms with Crippen LogP contribution in [0.2, 0.25) is 0 Å². The van der Waals surface area contributed by atoms with E-state index in [1.165, 1.54) is 18.1 Å². The summed E-state index contributed by atoms with van der Waals surface area (Å²) in [4.78, 5) is 68.5. The molecule has 0 bridgehead atoms. The molecule has 270 valence electrons. The maximum Gasteiger partial charge on any atom is 0.411 e. The van der Waals surface area contributed by atoms with E-state index in [1.54, 1.807) is 65.8 Å². The number of nitrogens with zero attached hydrogens (tertiary/aromatic N) is 1. The SMILES string of the molecule is C=CC1CC1(NC(=O)C1CC(OC(=O)Nc2cccc(OC)c2)CN1C(=O)C(NC(=O)OC(C)(C)C)C(C)(C)C)C(=O)NS(=O)(=O)C1CC1. The molecule has 2 aliphatic carbocycles. The molecule has 0 aromatic heterocycles. The number of nitrogens with one attached hydrogen (secondary N) is 4. The van der Waals surface area contributed by atoms with Gasteiger partial charge in [-0.2, -0.15) is 0 Å². The Hall–Kier alpha value is -4.34. The Kier molecular flexibility index (Phi) is 10.6. The average Bonchev–Trinajstić information content (AvgIpc) is 3.91. The van der Waals surface area contributed by atoms with Crippen molar-refractivity contribution >= 4 is 45.6 Å². The minimum atomic E-state index is -3.92. The van der Waals surface area contributed by atoms with Crippen molar-refractivity contribution in [2.24, 2.45) is 11.3 Å². The van der Waals surface area contributed by atoms with E-state index in [0.29, 0.717) is 24.3 Å². The first-order valence-electron chi connectivity index (χ1n) is 16.1. The molecule has 15 nitrogen and oxygen atoms in total. The number of hydrogen-bond donors (Lipinski definition) is 4. The number of alkyl carbamates (subject to hydrolysis) is 1. The van der Waals surface area contributed by atoms with Crippen molar-refractivity contribution < 1.29 is 46.6 Å². The molecule has 3 aliphatic rings. The van der Waals surface area contributed by atoms with E-state index in [9.17, 15) is 32.4 Å². The van der Waals surface area contributed by atoms with Crippen LogP contribution in [0.1, 0.15) is 67.2 Å². The highest BCUT2D eigenvalue weighted by atomic mass is 32.2. The van der Waals surface area contributed by atoms with Crippen LogP contribution in [0, 0.1) is 11.3 Å². The molecule has 3 fully saturated rings. The van der Waals surface area contributed by atoms with E-state index in [0.717, 1.165) is 0 Å². The van der Waals surface area contributed by atoms with E-state index in [4.69, 9.17) is 14.2 Å². The lowest BCUT2D eigenvalue weighted by molar-refractivity contribution is -0.143. The number of rotatable bonds is 11. The summed E-state index contributed by atoms with van der Waals surface area (Å²) < 4.78 is 43.5. The fourth-order valence-electron chi connectivity index (χ4n) is 5.63. The molecule has 4 N–H and O–H groups in total. The van der Waals surface area contributed by atoms with Crippen LogP contribution >= 0.6 is 0 Å². The second kappa shape index (κ2) is 13.9. The van der Waals surface area contributed by atoms with E-state index in [-0.39, 0.29) is 19.4 Å². The predicted octanol–water partition coefficient (Wildman–Crippen LogP) is 2.82. The monoisotopic (exact) mass is 705 g/mol. The molecular formula is C33H47N5O10S. The summed E-state index contributed by atoms with van der Waals surface area (Å²) in [6.45, 7) is 13.7. The zero-order valence-corrected chi connectivity index (χ0v) is 29.8. The van der Waals surface area contributed by atoms with Gasteiger partial charge in [-0.15, -0.1) is 6.58 Å². The van der Waals surface area contributed by atoms with Crippen molar-refractivity contribution in [3.8, 4) is 5.75 Å². The third-order valence-corrected chi connectivity index (χ3v) is 10.3. The van der Waals surface area contributed by atoms with E-state index >= 15 is 0 Å². The molecule has 0 spiro atoms. The van der Waals surface area contributed by atoms with Gasteiger partial charge in [-0.05, 0) is 57.6 Å². The first-order valence-corrected chi connectivity index (χ1v) is 17.7. The number of carbonyl (C=O) groups is 5. The van der Waals surface area contributed by atoms with Gasteiger partial charge < -0.3 is 29.7 Å². The number of likely N-dealkylation sites (tertiary alicyclic amines) is 1. The lowest BCUT2D eigenvalue weighted by Gasteiger charge is -2.36. The van der Waals surface area contributed by atoms with Gasteiger partial charge in [0.2, 0.25) is 21.8 Å². The van der Waals surface area contributed by atoms with Gasteiger partial charge in [-0.1, -0.05) is 32.9 Å². The van der Waals surface area contributed by atoms with Crippen molar-refractivity contribution in [1.29, 1.82) is 0 Å². The summed E-state index contributed by atoms with van der Waals surface area (Å²) in [7, 11) is -2.44. The van der Waals surface area contributed by atoms with Crippen molar-refractivity contribution in [3.05, 3.63) is 36.9 Å². The van der Waals surface area contributed by atoms with Crippen LogP contribution in [-0.2, 0) is 33.9 Å². The summed E-state index contributed by atoms with van der Waals surface area (Å²) >= 11 is 0.